The topological polar surface area (TPSA) is 75.7 Å². The van der Waals surface area contributed by atoms with E-state index < -0.39 is 10.0 Å². The van der Waals surface area contributed by atoms with Gasteiger partial charge in [-0.15, -0.1) is 0 Å². The van der Waals surface area contributed by atoms with Crippen LogP contribution in [0.4, 0.5) is 5.69 Å². The fourth-order valence-corrected chi connectivity index (χ4v) is 4.49. The van der Waals surface area contributed by atoms with Crippen molar-refractivity contribution in [2.75, 3.05) is 25.1 Å². The van der Waals surface area contributed by atoms with Crippen LogP contribution in [0.2, 0.25) is 0 Å². The van der Waals surface area contributed by atoms with E-state index in [0.717, 1.165) is 5.56 Å². The average Bonchev–Trinajstić information content (AvgIpc) is 2.64. The molecule has 1 fully saturated rings. The van der Waals surface area contributed by atoms with Crippen LogP contribution in [-0.4, -0.2) is 44.4 Å². The highest BCUT2D eigenvalue weighted by Gasteiger charge is 2.31. The molecule has 2 aromatic carbocycles. The lowest BCUT2D eigenvalue weighted by Gasteiger charge is -2.32. The Morgan fingerprint density at radius 2 is 1.92 bits per heavy atom. The first-order chi connectivity index (χ1) is 12.4. The molecule has 1 aliphatic rings. The molecule has 0 saturated carbocycles. The van der Waals surface area contributed by atoms with Crippen molar-refractivity contribution in [3.8, 4) is 0 Å². The summed E-state index contributed by atoms with van der Waals surface area (Å²) in [5.74, 6) is -0.346. The molecule has 26 heavy (non-hydrogen) atoms. The molecule has 2 aromatic rings. The second-order valence-corrected chi connectivity index (χ2v) is 8.28. The second-order valence-electron chi connectivity index (χ2n) is 6.39. The Balaban J connectivity index is 1.83. The molecule has 1 atom stereocenters. The highest BCUT2D eigenvalue weighted by Crippen LogP contribution is 2.22. The Kier molecular flexibility index (Phi) is 5.41. The van der Waals surface area contributed by atoms with Crippen molar-refractivity contribution in [2.45, 2.75) is 24.8 Å². The van der Waals surface area contributed by atoms with E-state index in [4.69, 9.17) is 4.74 Å². The maximum absolute atomic E-state index is 12.9. The highest BCUT2D eigenvalue weighted by atomic mass is 32.2. The lowest BCUT2D eigenvalue weighted by Crippen LogP contribution is -2.46. The van der Waals surface area contributed by atoms with Crippen LogP contribution in [-0.2, 0) is 14.8 Å². The quantitative estimate of drug-likeness (QED) is 0.893. The summed E-state index contributed by atoms with van der Waals surface area (Å²) < 4.78 is 32.5. The standard InChI is InChI=1S/C19H22N2O4S/c1-14-6-8-17(9-7-14)20-19(22)16-4-3-5-18(12-16)26(23,24)21-10-11-25-13-15(21)2/h3-9,12,15H,10-11,13H2,1-2H3,(H,20,22). The maximum atomic E-state index is 12.9. The third kappa shape index (κ3) is 3.95. The lowest BCUT2D eigenvalue weighted by atomic mass is 10.2. The first-order valence-corrected chi connectivity index (χ1v) is 9.89. The molecule has 7 heteroatoms. The van der Waals surface area contributed by atoms with Gasteiger partial charge in [-0.05, 0) is 44.2 Å². The molecule has 138 valence electrons. The molecule has 1 aliphatic heterocycles. The molecule has 1 saturated heterocycles. The number of rotatable bonds is 4. The third-order valence-electron chi connectivity index (χ3n) is 4.32. The van der Waals surface area contributed by atoms with Crippen LogP contribution in [0.1, 0.15) is 22.8 Å². The number of carbonyl (C=O) groups excluding carboxylic acids is 1. The zero-order valence-electron chi connectivity index (χ0n) is 14.8. The van der Waals surface area contributed by atoms with Crippen LogP contribution in [0, 0.1) is 6.92 Å². The SMILES string of the molecule is Cc1ccc(NC(=O)c2cccc(S(=O)(=O)N3CCOCC3C)c2)cc1. The van der Waals surface area contributed by atoms with E-state index in [2.05, 4.69) is 5.32 Å². The molecule has 0 bridgehead atoms. The van der Waals surface area contributed by atoms with Gasteiger partial charge in [0.2, 0.25) is 10.0 Å². The summed E-state index contributed by atoms with van der Waals surface area (Å²) in [7, 11) is -3.67. The van der Waals surface area contributed by atoms with Crippen molar-refractivity contribution in [1.29, 1.82) is 0 Å². The Labute approximate surface area is 153 Å². The minimum absolute atomic E-state index is 0.114. The van der Waals surface area contributed by atoms with Crippen molar-refractivity contribution in [3.63, 3.8) is 0 Å². The Morgan fingerprint density at radius 1 is 1.19 bits per heavy atom. The summed E-state index contributed by atoms with van der Waals surface area (Å²) in [6.07, 6.45) is 0. The molecule has 0 aromatic heterocycles. The van der Waals surface area contributed by atoms with Gasteiger partial charge in [-0.3, -0.25) is 4.79 Å². The Bertz CT molecular complexity index is 894. The molecule has 6 nitrogen and oxygen atoms in total. The molecule has 3 rings (SSSR count). The average molecular weight is 374 g/mol. The molecule has 0 radical (unpaired) electrons. The van der Waals surface area contributed by atoms with Gasteiger partial charge in [-0.1, -0.05) is 23.8 Å². The van der Waals surface area contributed by atoms with Crippen molar-refractivity contribution in [3.05, 3.63) is 59.7 Å². The number of hydrogen-bond donors (Lipinski definition) is 1. The summed E-state index contributed by atoms with van der Waals surface area (Å²) in [5, 5.41) is 2.79. The number of aryl methyl sites for hydroxylation is 1. The molecular weight excluding hydrogens is 352 g/mol. The number of nitrogens with zero attached hydrogens (tertiary/aromatic N) is 1. The highest BCUT2D eigenvalue weighted by molar-refractivity contribution is 7.89. The largest absolute Gasteiger partial charge is 0.378 e. The van der Waals surface area contributed by atoms with Crippen LogP contribution in [0.15, 0.2) is 53.4 Å². The molecule has 0 spiro atoms. The van der Waals surface area contributed by atoms with Gasteiger partial charge in [0.05, 0.1) is 18.1 Å². The number of carbonyl (C=O) groups is 1. The van der Waals surface area contributed by atoms with Gasteiger partial charge in [0.15, 0.2) is 0 Å². The van der Waals surface area contributed by atoms with Crippen LogP contribution in [0.3, 0.4) is 0 Å². The van der Waals surface area contributed by atoms with E-state index in [9.17, 15) is 13.2 Å². The van der Waals surface area contributed by atoms with Gasteiger partial charge in [0, 0.05) is 23.8 Å². The molecule has 1 heterocycles. The van der Waals surface area contributed by atoms with E-state index >= 15 is 0 Å². The van der Waals surface area contributed by atoms with Gasteiger partial charge >= 0.3 is 0 Å². The summed E-state index contributed by atoms with van der Waals surface area (Å²) in [5.41, 5.74) is 2.05. The number of sulfonamides is 1. The summed E-state index contributed by atoms with van der Waals surface area (Å²) in [6.45, 7) is 4.82. The van der Waals surface area contributed by atoms with Crippen LogP contribution >= 0.6 is 0 Å². The zero-order valence-corrected chi connectivity index (χ0v) is 15.6. The third-order valence-corrected chi connectivity index (χ3v) is 6.33. The Morgan fingerprint density at radius 3 is 2.62 bits per heavy atom. The Hall–Kier alpha value is -2.22. The predicted molar refractivity (Wildman–Crippen MR) is 99.7 cm³/mol. The number of anilines is 1. The van der Waals surface area contributed by atoms with Crippen LogP contribution in [0.25, 0.3) is 0 Å². The first kappa shape index (κ1) is 18.6. The lowest BCUT2D eigenvalue weighted by molar-refractivity contribution is 0.0393. The summed E-state index contributed by atoms with van der Waals surface area (Å²) in [6, 6.07) is 13.3. The monoisotopic (exact) mass is 374 g/mol. The van der Waals surface area contributed by atoms with E-state index in [-0.39, 0.29) is 16.8 Å². The number of amides is 1. The number of morpholine rings is 1. The fourth-order valence-electron chi connectivity index (χ4n) is 2.84. The number of nitrogens with one attached hydrogen (secondary N) is 1. The van der Waals surface area contributed by atoms with Crippen LogP contribution < -0.4 is 5.32 Å². The number of benzene rings is 2. The van der Waals surface area contributed by atoms with Gasteiger partial charge < -0.3 is 10.1 Å². The van der Waals surface area contributed by atoms with Gasteiger partial charge in [0.1, 0.15) is 0 Å². The van der Waals surface area contributed by atoms with Crippen LogP contribution in [0.5, 0.6) is 0 Å². The van der Waals surface area contributed by atoms with Crippen molar-refractivity contribution in [2.24, 2.45) is 0 Å². The molecule has 1 unspecified atom stereocenters. The molecule has 0 aliphatic carbocycles. The van der Waals surface area contributed by atoms with Gasteiger partial charge in [0.25, 0.3) is 5.91 Å². The first-order valence-electron chi connectivity index (χ1n) is 8.45. The summed E-state index contributed by atoms with van der Waals surface area (Å²) >= 11 is 0. The fraction of sp³-hybridized carbons (Fsp3) is 0.316. The maximum Gasteiger partial charge on any atom is 0.255 e. The minimum atomic E-state index is -3.67. The minimum Gasteiger partial charge on any atom is -0.378 e. The van der Waals surface area contributed by atoms with Crippen molar-refractivity contribution < 1.29 is 17.9 Å². The van der Waals surface area contributed by atoms with Crippen molar-refractivity contribution in [1.82, 2.24) is 4.31 Å². The van der Waals surface area contributed by atoms with Crippen molar-refractivity contribution >= 4 is 21.6 Å². The molecule has 1 amide bonds. The normalized spacial score (nSPS) is 18.5. The number of ether oxygens (including phenoxy) is 1. The van der Waals surface area contributed by atoms with E-state index in [0.29, 0.717) is 31.0 Å². The van der Waals surface area contributed by atoms with Gasteiger partial charge in [-0.2, -0.15) is 4.31 Å². The number of hydrogen-bond acceptors (Lipinski definition) is 4. The van der Waals surface area contributed by atoms with E-state index in [1.165, 1.54) is 16.4 Å². The summed E-state index contributed by atoms with van der Waals surface area (Å²) in [4.78, 5) is 12.6. The smallest absolute Gasteiger partial charge is 0.255 e. The second kappa shape index (κ2) is 7.57. The molecular formula is C19H22N2O4S. The molecule has 1 N–H and O–H groups in total. The van der Waals surface area contributed by atoms with E-state index in [1.54, 1.807) is 12.1 Å². The predicted octanol–water partition coefficient (Wildman–Crippen LogP) is 2.66. The zero-order chi connectivity index (χ0) is 18.7. The van der Waals surface area contributed by atoms with Gasteiger partial charge in [-0.25, -0.2) is 8.42 Å². The van der Waals surface area contributed by atoms with E-state index in [1.807, 2.05) is 38.1 Å².